The predicted octanol–water partition coefficient (Wildman–Crippen LogP) is 4.92. The van der Waals surface area contributed by atoms with E-state index in [0.717, 1.165) is 5.56 Å². The molecule has 108 valence electrons. The molecule has 0 aliphatic rings. The second-order valence-corrected chi connectivity index (χ2v) is 8.69. The molecule has 0 unspecified atom stereocenters. The second kappa shape index (κ2) is 5.24. The van der Waals surface area contributed by atoms with Crippen LogP contribution in [0.25, 0.3) is 11.5 Å². The third-order valence-corrected chi connectivity index (χ3v) is 3.75. The molecule has 20 heavy (non-hydrogen) atoms. The molecular formula is C16H22N2OS. The monoisotopic (exact) mass is 290 g/mol. The van der Waals surface area contributed by atoms with Gasteiger partial charge in [0.15, 0.2) is 0 Å². The number of benzene rings is 1. The van der Waals surface area contributed by atoms with Gasteiger partial charge in [-0.25, -0.2) is 0 Å². The maximum Gasteiger partial charge on any atom is 0.277 e. The molecule has 0 saturated carbocycles. The molecule has 1 aromatic carbocycles. The van der Waals surface area contributed by atoms with E-state index < -0.39 is 0 Å². The fourth-order valence-electron chi connectivity index (χ4n) is 1.74. The Kier molecular flexibility index (Phi) is 3.96. The summed E-state index contributed by atoms with van der Waals surface area (Å²) >= 11 is 1.58. The van der Waals surface area contributed by atoms with Crippen LogP contribution in [-0.4, -0.2) is 14.9 Å². The van der Waals surface area contributed by atoms with Crippen molar-refractivity contribution in [3.63, 3.8) is 0 Å². The van der Waals surface area contributed by atoms with E-state index in [-0.39, 0.29) is 10.2 Å². The molecule has 2 aromatic rings. The highest BCUT2D eigenvalue weighted by Crippen LogP contribution is 2.33. The maximum absolute atomic E-state index is 5.71. The number of aromatic nitrogens is 2. The van der Waals surface area contributed by atoms with Crippen molar-refractivity contribution in [3.8, 4) is 11.5 Å². The minimum absolute atomic E-state index is 0.0693. The van der Waals surface area contributed by atoms with E-state index in [2.05, 4.69) is 63.9 Å². The smallest absolute Gasteiger partial charge is 0.277 e. The molecule has 4 heteroatoms. The molecule has 0 radical (unpaired) electrons. The fraction of sp³-hybridized carbons (Fsp3) is 0.500. The van der Waals surface area contributed by atoms with Crippen LogP contribution in [0.4, 0.5) is 0 Å². The molecule has 0 bridgehead atoms. The number of nitrogens with zero attached hydrogens (tertiary/aromatic N) is 2. The highest BCUT2D eigenvalue weighted by molar-refractivity contribution is 8.00. The van der Waals surface area contributed by atoms with Crippen LogP contribution in [0.2, 0.25) is 0 Å². The van der Waals surface area contributed by atoms with Gasteiger partial charge in [0, 0.05) is 10.3 Å². The van der Waals surface area contributed by atoms with Crippen molar-refractivity contribution in [3.05, 3.63) is 29.8 Å². The normalized spacial score (nSPS) is 12.7. The van der Waals surface area contributed by atoms with Gasteiger partial charge in [-0.05, 0) is 23.1 Å². The topological polar surface area (TPSA) is 38.9 Å². The van der Waals surface area contributed by atoms with Gasteiger partial charge in [-0.2, -0.15) is 0 Å². The standard InChI is InChI=1S/C16H22N2OS/c1-15(2,3)12-9-7-11(8-10-12)13-17-18-14(19-13)20-16(4,5)6/h7-10H,1-6H3. The zero-order valence-corrected chi connectivity index (χ0v) is 13.8. The molecule has 1 aromatic heterocycles. The third-order valence-electron chi connectivity index (χ3n) is 2.80. The van der Waals surface area contributed by atoms with E-state index in [0.29, 0.717) is 11.1 Å². The van der Waals surface area contributed by atoms with Gasteiger partial charge in [0.2, 0.25) is 5.89 Å². The summed E-state index contributed by atoms with van der Waals surface area (Å²) in [6.07, 6.45) is 0. The maximum atomic E-state index is 5.71. The lowest BCUT2D eigenvalue weighted by Crippen LogP contribution is -2.10. The first-order valence-electron chi connectivity index (χ1n) is 6.79. The Balaban J connectivity index is 2.20. The molecule has 0 atom stereocenters. The summed E-state index contributed by atoms with van der Waals surface area (Å²) in [4.78, 5) is 0. The van der Waals surface area contributed by atoms with Crippen molar-refractivity contribution in [1.82, 2.24) is 10.2 Å². The van der Waals surface area contributed by atoms with Crippen molar-refractivity contribution < 1.29 is 4.42 Å². The van der Waals surface area contributed by atoms with Crippen molar-refractivity contribution >= 4 is 11.8 Å². The van der Waals surface area contributed by atoms with Crippen LogP contribution >= 0.6 is 11.8 Å². The SMILES string of the molecule is CC(C)(C)Sc1nnc(-c2ccc(C(C)(C)C)cc2)o1. The van der Waals surface area contributed by atoms with Gasteiger partial charge in [-0.15, -0.1) is 10.2 Å². The van der Waals surface area contributed by atoms with E-state index >= 15 is 0 Å². The lowest BCUT2D eigenvalue weighted by atomic mass is 9.87. The fourth-order valence-corrected chi connectivity index (χ4v) is 2.47. The molecule has 0 aliphatic carbocycles. The molecular weight excluding hydrogens is 268 g/mol. The Hall–Kier alpha value is -1.29. The van der Waals surface area contributed by atoms with Crippen LogP contribution < -0.4 is 0 Å². The number of hydrogen-bond donors (Lipinski definition) is 0. The van der Waals surface area contributed by atoms with Crippen LogP contribution in [0.1, 0.15) is 47.1 Å². The van der Waals surface area contributed by atoms with Gasteiger partial charge >= 0.3 is 0 Å². The minimum Gasteiger partial charge on any atom is -0.411 e. The average Bonchev–Trinajstić information content (AvgIpc) is 2.74. The molecule has 0 fully saturated rings. The van der Waals surface area contributed by atoms with E-state index in [4.69, 9.17) is 4.42 Å². The van der Waals surface area contributed by atoms with Crippen LogP contribution in [0.5, 0.6) is 0 Å². The van der Waals surface area contributed by atoms with Gasteiger partial charge in [0.25, 0.3) is 5.22 Å². The summed E-state index contributed by atoms with van der Waals surface area (Å²) in [7, 11) is 0. The zero-order chi connectivity index (χ0) is 15.0. The summed E-state index contributed by atoms with van der Waals surface area (Å²) in [6.45, 7) is 13.0. The quantitative estimate of drug-likeness (QED) is 0.735. The van der Waals surface area contributed by atoms with Crippen LogP contribution in [-0.2, 0) is 5.41 Å². The first-order valence-corrected chi connectivity index (χ1v) is 7.60. The summed E-state index contributed by atoms with van der Waals surface area (Å²) in [5, 5.41) is 8.84. The Bertz CT molecular complexity index is 574. The average molecular weight is 290 g/mol. The van der Waals surface area contributed by atoms with Crippen LogP contribution in [0.3, 0.4) is 0 Å². The summed E-state index contributed by atoms with van der Waals surface area (Å²) in [5.74, 6) is 0.581. The van der Waals surface area contributed by atoms with E-state index in [1.165, 1.54) is 5.56 Å². The van der Waals surface area contributed by atoms with Gasteiger partial charge in [-0.1, -0.05) is 65.4 Å². The highest BCUT2D eigenvalue weighted by Gasteiger charge is 2.18. The van der Waals surface area contributed by atoms with Gasteiger partial charge in [0.05, 0.1) is 0 Å². The second-order valence-electron chi connectivity index (χ2n) is 6.91. The summed E-state index contributed by atoms with van der Waals surface area (Å²) in [5.41, 5.74) is 2.41. The Morgan fingerprint density at radius 3 is 2.00 bits per heavy atom. The molecule has 3 nitrogen and oxygen atoms in total. The van der Waals surface area contributed by atoms with Gasteiger partial charge < -0.3 is 4.42 Å². The molecule has 2 rings (SSSR count). The van der Waals surface area contributed by atoms with Crippen LogP contribution in [0, 0.1) is 0 Å². The minimum atomic E-state index is 0.0693. The third kappa shape index (κ3) is 3.85. The largest absolute Gasteiger partial charge is 0.411 e. The Labute approximate surface area is 125 Å². The predicted molar refractivity (Wildman–Crippen MR) is 84.0 cm³/mol. The highest BCUT2D eigenvalue weighted by atomic mass is 32.2. The number of rotatable bonds is 2. The Morgan fingerprint density at radius 1 is 0.900 bits per heavy atom. The van der Waals surface area contributed by atoms with Crippen molar-refractivity contribution in [2.45, 2.75) is 56.9 Å². The lowest BCUT2D eigenvalue weighted by Gasteiger charge is -2.18. The molecule has 0 saturated heterocycles. The van der Waals surface area contributed by atoms with E-state index in [1.807, 2.05) is 12.1 Å². The van der Waals surface area contributed by atoms with Gasteiger partial charge in [-0.3, -0.25) is 0 Å². The van der Waals surface area contributed by atoms with Crippen LogP contribution in [0.15, 0.2) is 33.9 Å². The van der Waals surface area contributed by atoms with Crippen molar-refractivity contribution in [1.29, 1.82) is 0 Å². The molecule has 1 heterocycles. The molecule has 0 N–H and O–H groups in total. The van der Waals surface area contributed by atoms with E-state index in [9.17, 15) is 0 Å². The molecule has 0 aliphatic heterocycles. The number of thioether (sulfide) groups is 1. The Morgan fingerprint density at radius 2 is 1.50 bits per heavy atom. The summed E-state index contributed by atoms with van der Waals surface area (Å²) in [6, 6.07) is 8.32. The molecule has 0 spiro atoms. The van der Waals surface area contributed by atoms with Gasteiger partial charge in [0.1, 0.15) is 0 Å². The first kappa shape index (κ1) is 15.1. The van der Waals surface area contributed by atoms with Crippen molar-refractivity contribution in [2.24, 2.45) is 0 Å². The lowest BCUT2D eigenvalue weighted by molar-refractivity contribution is 0.463. The molecule has 0 amide bonds. The van der Waals surface area contributed by atoms with Crippen molar-refractivity contribution in [2.75, 3.05) is 0 Å². The summed E-state index contributed by atoms with van der Waals surface area (Å²) < 4.78 is 5.78. The van der Waals surface area contributed by atoms with E-state index in [1.54, 1.807) is 11.8 Å². The first-order chi connectivity index (χ1) is 9.15. The number of hydrogen-bond acceptors (Lipinski definition) is 4. The zero-order valence-electron chi connectivity index (χ0n) is 13.0.